The van der Waals surface area contributed by atoms with Crippen LogP contribution in [0.25, 0.3) is 0 Å². The van der Waals surface area contributed by atoms with Gasteiger partial charge in [0.2, 0.25) is 11.8 Å². The molecule has 2 aliphatic heterocycles. The number of anilines is 1. The van der Waals surface area contributed by atoms with Crippen LogP contribution in [-0.2, 0) is 14.4 Å². The number of nitrogens with zero attached hydrogens (tertiary/aromatic N) is 2. The Labute approximate surface area is 133 Å². The standard InChI is InChI=1S/C16H19N3O4/c1-18-8-15(21)19(9-14(18)20)12-4-2-3-10(5-12)13-6-11(7-17-13)16(22)23/h2-5,11,13,17H,6-9H2,1H3,(H,22,23). The molecule has 2 heterocycles. The maximum atomic E-state index is 12.2. The number of hydrogen-bond donors (Lipinski definition) is 2. The third-order valence-corrected chi connectivity index (χ3v) is 4.46. The topological polar surface area (TPSA) is 90.0 Å². The number of amides is 2. The molecule has 122 valence electrons. The lowest BCUT2D eigenvalue weighted by molar-refractivity contribution is -0.141. The van der Waals surface area contributed by atoms with Gasteiger partial charge in [0, 0.05) is 25.3 Å². The minimum Gasteiger partial charge on any atom is -0.481 e. The maximum absolute atomic E-state index is 12.2. The normalized spacial score (nSPS) is 25.1. The summed E-state index contributed by atoms with van der Waals surface area (Å²) in [5.41, 5.74) is 1.61. The Morgan fingerprint density at radius 3 is 2.74 bits per heavy atom. The average molecular weight is 317 g/mol. The molecule has 23 heavy (non-hydrogen) atoms. The fraction of sp³-hybridized carbons (Fsp3) is 0.438. The molecule has 2 saturated heterocycles. The molecule has 0 aliphatic carbocycles. The average Bonchev–Trinajstić information content (AvgIpc) is 3.01. The van der Waals surface area contributed by atoms with E-state index < -0.39 is 11.9 Å². The smallest absolute Gasteiger partial charge is 0.307 e. The Hall–Kier alpha value is -2.41. The highest BCUT2D eigenvalue weighted by Crippen LogP contribution is 2.30. The number of nitrogens with one attached hydrogen (secondary N) is 1. The number of aliphatic carboxylic acids is 1. The van der Waals surface area contributed by atoms with Crippen molar-refractivity contribution in [2.75, 3.05) is 31.6 Å². The molecule has 0 radical (unpaired) electrons. The Kier molecular flexibility index (Phi) is 4.04. The molecule has 1 aromatic carbocycles. The second-order valence-corrected chi connectivity index (χ2v) is 6.06. The van der Waals surface area contributed by atoms with Crippen LogP contribution in [0.3, 0.4) is 0 Å². The Morgan fingerprint density at radius 2 is 2.04 bits per heavy atom. The molecule has 0 spiro atoms. The van der Waals surface area contributed by atoms with Crippen molar-refractivity contribution in [2.45, 2.75) is 12.5 Å². The molecule has 2 unspecified atom stereocenters. The predicted molar refractivity (Wildman–Crippen MR) is 82.9 cm³/mol. The summed E-state index contributed by atoms with van der Waals surface area (Å²) in [7, 11) is 1.61. The van der Waals surface area contributed by atoms with Crippen LogP contribution in [0.15, 0.2) is 24.3 Å². The summed E-state index contributed by atoms with van der Waals surface area (Å²) in [6, 6.07) is 7.35. The number of rotatable bonds is 3. The van der Waals surface area contributed by atoms with Gasteiger partial charge in [0.1, 0.15) is 6.54 Å². The molecule has 0 aromatic heterocycles. The lowest BCUT2D eigenvalue weighted by Gasteiger charge is -2.32. The van der Waals surface area contributed by atoms with E-state index in [2.05, 4.69) is 5.32 Å². The van der Waals surface area contributed by atoms with E-state index in [1.54, 1.807) is 13.1 Å². The van der Waals surface area contributed by atoms with Crippen molar-refractivity contribution in [3.8, 4) is 0 Å². The summed E-state index contributed by atoms with van der Waals surface area (Å²) in [4.78, 5) is 38.0. The van der Waals surface area contributed by atoms with Gasteiger partial charge in [-0.25, -0.2) is 0 Å². The lowest BCUT2D eigenvalue weighted by atomic mass is 9.99. The summed E-state index contributed by atoms with van der Waals surface area (Å²) in [6.45, 7) is 0.552. The highest BCUT2D eigenvalue weighted by molar-refractivity contribution is 6.04. The van der Waals surface area contributed by atoms with Crippen molar-refractivity contribution in [3.63, 3.8) is 0 Å². The molecule has 2 aliphatic rings. The number of carboxylic acid groups (broad SMARTS) is 1. The monoisotopic (exact) mass is 317 g/mol. The summed E-state index contributed by atoms with van der Waals surface area (Å²) in [5, 5.41) is 12.3. The number of carboxylic acids is 1. The molecular formula is C16H19N3O4. The number of carbonyl (C=O) groups excluding carboxylic acids is 2. The van der Waals surface area contributed by atoms with E-state index in [-0.39, 0.29) is 30.9 Å². The SMILES string of the molecule is CN1CC(=O)N(c2cccc(C3CC(C(=O)O)CN3)c2)CC1=O. The van der Waals surface area contributed by atoms with Crippen LogP contribution in [0.2, 0.25) is 0 Å². The summed E-state index contributed by atoms with van der Waals surface area (Å²) < 4.78 is 0. The van der Waals surface area contributed by atoms with E-state index in [1.807, 2.05) is 18.2 Å². The third-order valence-electron chi connectivity index (χ3n) is 4.46. The van der Waals surface area contributed by atoms with Gasteiger partial charge < -0.3 is 20.2 Å². The quantitative estimate of drug-likeness (QED) is 0.833. The molecule has 2 atom stereocenters. The number of piperazine rings is 1. The van der Waals surface area contributed by atoms with Crippen molar-refractivity contribution >= 4 is 23.5 Å². The van der Waals surface area contributed by atoms with E-state index in [4.69, 9.17) is 5.11 Å². The van der Waals surface area contributed by atoms with Crippen LogP contribution in [0.4, 0.5) is 5.69 Å². The van der Waals surface area contributed by atoms with Gasteiger partial charge in [-0.05, 0) is 24.1 Å². The highest BCUT2D eigenvalue weighted by atomic mass is 16.4. The first-order valence-electron chi connectivity index (χ1n) is 7.56. The van der Waals surface area contributed by atoms with Gasteiger partial charge in [0.15, 0.2) is 0 Å². The number of carbonyl (C=O) groups is 3. The fourth-order valence-electron chi connectivity index (χ4n) is 3.04. The van der Waals surface area contributed by atoms with Gasteiger partial charge in [-0.1, -0.05) is 12.1 Å². The zero-order valence-corrected chi connectivity index (χ0v) is 12.9. The zero-order valence-electron chi connectivity index (χ0n) is 12.9. The van der Waals surface area contributed by atoms with Crippen molar-refractivity contribution in [1.82, 2.24) is 10.2 Å². The second-order valence-electron chi connectivity index (χ2n) is 6.06. The van der Waals surface area contributed by atoms with E-state index in [9.17, 15) is 14.4 Å². The molecule has 3 rings (SSSR count). The molecular weight excluding hydrogens is 298 g/mol. The molecule has 2 N–H and O–H groups in total. The van der Waals surface area contributed by atoms with Crippen molar-refractivity contribution in [1.29, 1.82) is 0 Å². The van der Waals surface area contributed by atoms with Gasteiger partial charge in [-0.2, -0.15) is 0 Å². The summed E-state index contributed by atoms with van der Waals surface area (Å²) in [5.74, 6) is -1.40. The number of benzene rings is 1. The number of likely N-dealkylation sites (N-methyl/N-ethyl adjacent to an activating group) is 1. The predicted octanol–water partition coefficient (Wildman–Crippen LogP) is 0.227. The van der Waals surface area contributed by atoms with Crippen LogP contribution in [0.1, 0.15) is 18.0 Å². The van der Waals surface area contributed by atoms with E-state index in [0.29, 0.717) is 18.7 Å². The first-order chi connectivity index (χ1) is 11.0. The largest absolute Gasteiger partial charge is 0.481 e. The fourth-order valence-corrected chi connectivity index (χ4v) is 3.04. The minimum absolute atomic E-state index is 0.0363. The second kappa shape index (κ2) is 6.00. The van der Waals surface area contributed by atoms with Crippen LogP contribution in [-0.4, -0.2) is 54.5 Å². The summed E-state index contributed by atoms with van der Waals surface area (Å²) in [6.07, 6.45) is 0.522. The van der Waals surface area contributed by atoms with Gasteiger partial charge >= 0.3 is 5.97 Å². The molecule has 2 fully saturated rings. The van der Waals surface area contributed by atoms with Gasteiger partial charge in [0.05, 0.1) is 12.5 Å². The molecule has 0 bridgehead atoms. The number of hydrogen-bond acceptors (Lipinski definition) is 4. The molecule has 7 heteroatoms. The molecule has 2 amide bonds. The van der Waals surface area contributed by atoms with Crippen molar-refractivity contribution < 1.29 is 19.5 Å². The van der Waals surface area contributed by atoms with Crippen LogP contribution < -0.4 is 10.2 Å². The van der Waals surface area contributed by atoms with E-state index in [0.717, 1.165) is 5.56 Å². The highest BCUT2D eigenvalue weighted by Gasteiger charge is 2.32. The Bertz CT molecular complexity index is 660. The van der Waals surface area contributed by atoms with Crippen LogP contribution in [0, 0.1) is 5.92 Å². The Morgan fingerprint density at radius 1 is 1.26 bits per heavy atom. The van der Waals surface area contributed by atoms with Gasteiger partial charge in [0.25, 0.3) is 0 Å². The van der Waals surface area contributed by atoms with E-state index >= 15 is 0 Å². The molecule has 1 aromatic rings. The summed E-state index contributed by atoms with van der Waals surface area (Å²) >= 11 is 0. The maximum Gasteiger partial charge on any atom is 0.307 e. The van der Waals surface area contributed by atoms with Crippen molar-refractivity contribution in [2.24, 2.45) is 5.92 Å². The molecule has 0 saturated carbocycles. The third kappa shape index (κ3) is 3.05. The van der Waals surface area contributed by atoms with Gasteiger partial charge in [-0.15, -0.1) is 0 Å². The zero-order chi connectivity index (χ0) is 16.6. The van der Waals surface area contributed by atoms with Crippen LogP contribution in [0.5, 0.6) is 0 Å². The van der Waals surface area contributed by atoms with Crippen LogP contribution >= 0.6 is 0 Å². The first-order valence-corrected chi connectivity index (χ1v) is 7.56. The minimum atomic E-state index is -0.795. The first kappa shape index (κ1) is 15.5. The van der Waals surface area contributed by atoms with E-state index in [1.165, 1.54) is 9.80 Å². The molecule has 7 nitrogen and oxygen atoms in total. The lowest BCUT2D eigenvalue weighted by Crippen LogP contribution is -2.52. The van der Waals surface area contributed by atoms with Crippen molar-refractivity contribution in [3.05, 3.63) is 29.8 Å². The Balaban J connectivity index is 1.79. The van der Waals surface area contributed by atoms with Gasteiger partial charge in [-0.3, -0.25) is 14.4 Å².